The van der Waals surface area contributed by atoms with Crippen LogP contribution >= 0.6 is 7.82 Å². The third kappa shape index (κ3) is 60.5. The Hall–Kier alpha value is -1.02. The molecule has 1 amide bonds. The van der Waals surface area contributed by atoms with Gasteiger partial charge in [-0.25, -0.2) is 4.57 Å². The summed E-state index contributed by atoms with van der Waals surface area (Å²) in [4.78, 5) is 23.4. The van der Waals surface area contributed by atoms with Gasteiger partial charge < -0.3 is 19.8 Å². The molecule has 0 spiro atoms. The van der Waals surface area contributed by atoms with Crippen molar-refractivity contribution in [2.75, 3.05) is 40.9 Å². The van der Waals surface area contributed by atoms with Gasteiger partial charge in [-0.1, -0.05) is 327 Å². The molecule has 0 saturated heterocycles. The van der Waals surface area contributed by atoms with Crippen molar-refractivity contribution >= 4 is 13.7 Å². The van der Waals surface area contributed by atoms with Crippen molar-refractivity contribution in [3.63, 3.8) is 0 Å². The van der Waals surface area contributed by atoms with Crippen LogP contribution in [0.2, 0.25) is 0 Å². The Morgan fingerprint density at radius 3 is 1.07 bits per heavy atom. The third-order valence-corrected chi connectivity index (χ3v) is 16.4. The minimum atomic E-state index is -4.36. The molecule has 3 N–H and O–H groups in total. The summed E-state index contributed by atoms with van der Waals surface area (Å²) in [6.07, 6.45) is 74.6. The second-order valence-corrected chi connectivity index (χ2v) is 25.7. The highest BCUT2D eigenvalue weighted by Crippen LogP contribution is 2.43. The molecule has 9 heteroatoms. The van der Waals surface area contributed by atoms with Gasteiger partial charge in [0, 0.05) is 6.42 Å². The van der Waals surface area contributed by atoms with E-state index in [9.17, 15) is 19.4 Å². The number of aliphatic hydroxyl groups excluding tert-OH is 1. The van der Waals surface area contributed by atoms with Crippen LogP contribution in [0.1, 0.15) is 341 Å². The van der Waals surface area contributed by atoms with Gasteiger partial charge in [0.1, 0.15) is 13.2 Å². The van der Waals surface area contributed by atoms with Crippen molar-refractivity contribution in [3.05, 3.63) is 24.3 Å². The van der Waals surface area contributed by atoms with Crippen LogP contribution in [-0.4, -0.2) is 73.4 Å². The second kappa shape index (κ2) is 57.7. The summed E-state index contributed by atoms with van der Waals surface area (Å²) < 4.78 is 23.8. The maximum Gasteiger partial charge on any atom is 0.472 e. The fourth-order valence-corrected chi connectivity index (χ4v) is 11.0. The van der Waals surface area contributed by atoms with E-state index in [1.165, 1.54) is 283 Å². The zero-order valence-corrected chi connectivity index (χ0v) is 52.0. The lowest BCUT2D eigenvalue weighted by molar-refractivity contribution is -0.870. The van der Waals surface area contributed by atoms with E-state index in [0.29, 0.717) is 17.4 Å². The second-order valence-electron chi connectivity index (χ2n) is 24.2. The molecular formula is C66H132N2O6P+. The molecule has 0 aliphatic rings. The van der Waals surface area contributed by atoms with Crippen LogP contribution in [0.5, 0.6) is 0 Å². The van der Waals surface area contributed by atoms with Crippen LogP contribution in [0.4, 0.5) is 0 Å². The van der Waals surface area contributed by atoms with Crippen molar-refractivity contribution < 1.29 is 32.9 Å². The average Bonchev–Trinajstić information content (AvgIpc) is 3.37. The number of allylic oxidation sites excluding steroid dienone is 3. The standard InChI is InChI=1S/C66H131N2O6P/c1-6-8-10-12-14-16-18-20-22-24-26-28-30-31-32-33-34-35-36-38-40-42-44-46-48-50-52-54-56-58-60-66(70)67-64(63-74-75(71,72)73-62-61-68(3,4)5)65(69)59-57-55-53-51-49-47-45-43-41-39-37-29-27-25-23-21-19-17-15-13-11-9-7-2/h49,51,57,59,64-65,69H,6-48,50,52-56,58,60-63H2,1-5H3,(H-,67,70,71,72)/p+1/b51-49+,59-57+. The van der Waals surface area contributed by atoms with Crippen molar-refractivity contribution in [2.45, 2.75) is 353 Å². The number of quaternary nitrogens is 1. The van der Waals surface area contributed by atoms with Crippen LogP contribution < -0.4 is 5.32 Å². The molecule has 0 aliphatic heterocycles. The lowest BCUT2D eigenvalue weighted by Crippen LogP contribution is -2.45. The summed E-state index contributed by atoms with van der Waals surface area (Å²) in [5.41, 5.74) is 0. The molecule has 3 atom stereocenters. The Balaban J connectivity index is 4.08. The van der Waals surface area contributed by atoms with E-state index in [2.05, 4.69) is 31.3 Å². The maximum atomic E-state index is 13.0. The van der Waals surface area contributed by atoms with E-state index in [4.69, 9.17) is 9.05 Å². The number of hydrogen-bond donors (Lipinski definition) is 3. The summed E-state index contributed by atoms with van der Waals surface area (Å²) in [5, 5.41) is 14.0. The zero-order chi connectivity index (χ0) is 54.9. The van der Waals surface area contributed by atoms with Crippen molar-refractivity contribution in [1.82, 2.24) is 5.32 Å². The van der Waals surface area contributed by atoms with E-state index < -0.39 is 20.0 Å². The molecule has 0 saturated carbocycles. The molecule has 3 unspecified atom stereocenters. The number of phosphoric acid groups is 1. The van der Waals surface area contributed by atoms with E-state index in [0.717, 1.165) is 38.5 Å². The van der Waals surface area contributed by atoms with Gasteiger partial charge in [-0.2, -0.15) is 0 Å². The van der Waals surface area contributed by atoms with Crippen LogP contribution in [0.25, 0.3) is 0 Å². The maximum absolute atomic E-state index is 13.0. The first-order chi connectivity index (χ1) is 36.5. The van der Waals surface area contributed by atoms with Gasteiger partial charge in [0.2, 0.25) is 5.91 Å². The fraction of sp³-hybridized carbons (Fsp3) is 0.924. The number of nitrogens with one attached hydrogen (secondary N) is 1. The van der Waals surface area contributed by atoms with Gasteiger partial charge in [-0.3, -0.25) is 13.8 Å². The molecule has 75 heavy (non-hydrogen) atoms. The van der Waals surface area contributed by atoms with E-state index >= 15 is 0 Å². The van der Waals surface area contributed by atoms with Crippen molar-refractivity contribution in [3.8, 4) is 0 Å². The molecule has 0 heterocycles. The smallest absolute Gasteiger partial charge is 0.387 e. The quantitative estimate of drug-likeness (QED) is 0.0243. The molecule has 0 aromatic rings. The summed E-state index contributed by atoms with van der Waals surface area (Å²) in [5.74, 6) is -0.178. The Morgan fingerprint density at radius 2 is 0.733 bits per heavy atom. The largest absolute Gasteiger partial charge is 0.472 e. The number of likely N-dealkylation sites (N-methyl/N-ethyl adjacent to an activating group) is 1. The van der Waals surface area contributed by atoms with Crippen LogP contribution in [0.15, 0.2) is 24.3 Å². The minimum absolute atomic E-state index is 0.0590. The highest BCUT2D eigenvalue weighted by atomic mass is 31.2. The first-order valence-corrected chi connectivity index (χ1v) is 34.7. The zero-order valence-electron chi connectivity index (χ0n) is 51.1. The first-order valence-electron chi connectivity index (χ1n) is 33.2. The molecule has 0 rings (SSSR count). The van der Waals surface area contributed by atoms with Crippen molar-refractivity contribution in [1.29, 1.82) is 0 Å². The fourth-order valence-electron chi connectivity index (χ4n) is 10.2. The van der Waals surface area contributed by atoms with Gasteiger partial charge in [-0.05, 0) is 32.1 Å². The molecule has 0 bridgehead atoms. The number of unbranched alkanes of at least 4 members (excludes halogenated alkanes) is 47. The van der Waals surface area contributed by atoms with E-state index in [1.807, 2.05) is 27.2 Å². The summed E-state index contributed by atoms with van der Waals surface area (Å²) in [7, 11) is 1.57. The molecule has 0 radical (unpaired) electrons. The Morgan fingerprint density at radius 1 is 0.440 bits per heavy atom. The highest BCUT2D eigenvalue weighted by Gasteiger charge is 2.28. The molecular weight excluding hydrogens is 948 g/mol. The summed E-state index contributed by atoms with van der Waals surface area (Å²) in [6, 6.07) is -0.861. The molecule has 446 valence electrons. The summed E-state index contributed by atoms with van der Waals surface area (Å²) >= 11 is 0. The predicted molar refractivity (Wildman–Crippen MR) is 328 cm³/mol. The SMILES string of the molecule is CCCCCCCCCCCCCCCCCCC/C=C/CC/C=C/C(O)C(COP(=O)(O)OCC[N+](C)(C)C)NC(=O)CCCCCCCCCCCCCCCCCCCCCCCCCCCCCCCC. The normalized spacial score (nSPS) is 13.9. The minimum Gasteiger partial charge on any atom is -0.387 e. The number of carbonyl (C=O) groups excluding carboxylic acids is 1. The number of amides is 1. The highest BCUT2D eigenvalue weighted by molar-refractivity contribution is 7.47. The third-order valence-electron chi connectivity index (χ3n) is 15.4. The van der Waals surface area contributed by atoms with E-state index in [-0.39, 0.29) is 19.1 Å². The monoisotopic (exact) mass is 1080 g/mol. The van der Waals surface area contributed by atoms with E-state index in [1.54, 1.807) is 6.08 Å². The van der Waals surface area contributed by atoms with Gasteiger partial charge in [0.25, 0.3) is 0 Å². The Kier molecular flexibility index (Phi) is 56.9. The number of phosphoric ester groups is 1. The molecule has 0 aromatic carbocycles. The number of aliphatic hydroxyl groups is 1. The van der Waals surface area contributed by atoms with Gasteiger partial charge in [-0.15, -0.1) is 0 Å². The Labute approximate surface area is 468 Å². The molecule has 0 aromatic heterocycles. The van der Waals surface area contributed by atoms with Gasteiger partial charge in [0.15, 0.2) is 0 Å². The van der Waals surface area contributed by atoms with Gasteiger partial charge in [0.05, 0.1) is 39.9 Å². The molecule has 8 nitrogen and oxygen atoms in total. The molecule has 0 fully saturated rings. The Bertz CT molecular complexity index is 1270. The topological polar surface area (TPSA) is 105 Å². The first kappa shape index (κ1) is 74.0. The van der Waals surface area contributed by atoms with Crippen LogP contribution in [-0.2, 0) is 18.4 Å². The number of rotatable bonds is 62. The number of hydrogen-bond acceptors (Lipinski definition) is 5. The summed E-state index contributed by atoms with van der Waals surface area (Å²) in [6.45, 7) is 4.86. The predicted octanol–water partition coefficient (Wildman–Crippen LogP) is 20.7. The molecule has 0 aliphatic carbocycles. The van der Waals surface area contributed by atoms with Crippen LogP contribution in [0, 0.1) is 0 Å². The van der Waals surface area contributed by atoms with Crippen LogP contribution in [0.3, 0.4) is 0 Å². The number of carbonyl (C=O) groups is 1. The van der Waals surface area contributed by atoms with Gasteiger partial charge >= 0.3 is 7.82 Å². The lowest BCUT2D eigenvalue weighted by atomic mass is 10.0. The van der Waals surface area contributed by atoms with Crippen molar-refractivity contribution in [2.24, 2.45) is 0 Å². The average molecular weight is 1080 g/mol. The number of nitrogens with zero attached hydrogens (tertiary/aromatic N) is 1. The lowest BCUT2D eigenvalue weighted by Gasteiger charge is -2.25.